The first-order chi connectivity index (χ1) is 16.3. The Hall–Kier alpha value is -1.80. The largest absolute Gasteiger partial charge is 0.368 e. The van der Waals surface area contributed by atoms with Crippen LogP contribution in [0.15, 0.2) is 47.4 Å². The summed E-state index contributed by atoms with van der Waals surface area (Å²) in [5.74, 6) is -0.148. The molecule has 1 saturated heterocycles. The minimum atomic E-state index is -3.81. The second-order valence-corrected chi connectivity index (χ2v) is 11.9. The van der Waals surface area contributed by atoms with Gasteiger partial charge in [0.1, 0.15) is 0 Å². The molecule has 0 radical (unpaired) electrons. The molecule has 1 saturated carbocycles. The summed E-state index contributed by atoms with van der Waals surface area (Å²) in [4.78, 5) is 17.5. The van der Waals surface area contributed by atoms with Gasteiger partial charge in [-0.1, -0.05) is 48.5 Å². The van der Waals surface area contributed by atoms with Crippen LogP contribution in [0.5, 0.6) is 0 Å². The Labute approximate surface area is 212 Å². The lowest BCUT2D eigenvalue weighted by atomic mass is 9.95. The number of piperazine rings is 1. The predicted molar refractivity (Wildman–Crippen MR) is 137 cm³/mol. The molecule has 0 unspecified atom stereocenters. The molecule has 1 amide bonds. The standard InChI is InChI=1S/C25H31Cl2N3O3S/c1-19-7-8-21(27)17-24(19)28-13-15-29(16-14-28)25(31)18-30(22-5-3-2-4-6-22)34(32,33)23-11-9-20(26)10-12-23/h7-12,17,22H,2-6,13-16,18H2,1H3. The lowest BCUT2D eigenvalue weighted by Gasteiger charge is -2.39. The Morgan fingerprint density at radius 3 is 2.21 bits per heavy atom. The highest BCUT2D eigenvalue weighted by Crippen LogP contribution is 2.29. The molecule has 1 aliphatic heterocycles. The predicted octanol–water partition coefficient (Wildman–Crippen LogP) is 4.97. The molecule has 34 heavy (non-hydrogen) atoms. The van der Waals surface area contributed by atoms with Crippen molar-refractivity contribution in [2.24, 2.45) is 0 Å². The van der Waals surface area contributed by atoms with Gasteiger partial charge in [0.25, 0.3) is 0 Å². The van der Waals surface area contributed by atoms with Crippen LogP contribution in [0.2, 0.25) is 10.0 Å². The lowest BCUT2D eigenvalue weighted by Crippen LogP contribution is -2.53. The van der Waals surface area contributed by atoms with Crippen LogP contribution in [0.4, 0.5) is 5.69 Å². The Morgan fingerprint density at radius 2 is 1.56 bits per heavy atom. The zero-order chi connectivity index (χ0) is 24.3. The second kappa shape index (κ2) is 10.9. The first kappa shape index (κ1) is 25.3. The molecule has 6 nitrogen and oxygen atoms in total. The van der Waals surface area contributed by atoms with Crippen molar-refractivity contribution in [3.63, 3.8) is 0 Å². The topological polar surface area (TPSA) is 60.9 Å². The van der Waals surface area contributed by atoms with Crippen molar-refractivity contribution in [2.45, 2.75) is 50.0 Å². The molecule has 0 N–H and O–H groups in total. The summed E-state index contributed by atoms with van der Waals surface area (Å²) in [6.07, 6.45) is 4.61. The molecule has 0 aromatic heterocycles. The Bertz CT molecular complexity index is 1110. The number of hydrogen-bond acceptors (Lipinski definition) is 4. The minimum absolute atomic E-state index is 0.133. The van der Waals surface area contributed by atoms with Crippen molar-refractivity contribution in [3.8, 4) is 0 Å². The zero-order valence-electron chi connectivity index (χ0n) is 19.4. The fourth-order valence-corrected chi connectivity index (χ4v) is 6.80. The van der Waals surface area contributed by atoms with Gasteiger partial charge >= 0.3 is 0 Å². The van der Waals surface area contributed by atoms with Gasteiger partial charge in [0.15, 0.2) is 0 Å². The average molecular weight is 525 g/mol. The van der Waals surface area contributed by atoms with Gasteiger partial charge in [-0.3, -0.25) is 4.79 Å². The second-order valence-electron chi connectivity index (χ2n) is 9.09. The number of benzene rings is 2. The number of carbonyl (C=O) groups is 1. The van der Waals surface area contributed by atoms with Crippen molar-refractivity contribution in [1.29, 1.82) is 0 Å². The van der Waals surface area contributed by atoms with Crippen molar-refractivity contribution in [3.05, 3.63) is 58.1 Å². The van der Waals surface area contributed by atoms with Crippen molar-refractivity contribution in [1.82, 2.24) is 9.21 Å². The molecular formula is C25H31Cl2N3O3S. The van der Waals surface area contributed by atoms with Gasteiger partial charge in [0.05, 0.1) is 11.4 Å². The van der Waals surface area contributed by atoms with Gasteiger partial charge in [0.2, 0.25) is 15.9 Å². The lowest BCUT2D eigenvalue weighted by molar-refractivity contribution is -0.132. The third kappa shape index (κ3) is 5.70. The summed E-state index contributed by atoms with van der Waals surface area (Å²) in [7, 11) is -3.81. The maximum Gasteiger partial charge on any atom is 0.243 e. The number of aryl methyl sites for hydroxylation is 1. The van der Waals surface area contributed by atoms with Crippen LogP contribution < -0.4 is 4.90 Å². The molecule has 1 aliphatic carbocycles. The van der Waals surface area contributed by atoms with Crippen LogP contribution >= 0.6 is 23.2 Å². The first-order valence-electron chi connectivity index (χ1n) is 11.8. The van der Waals surface area contributed by atoms with Crippen LogP contribution in [-0.2, 0) is 14.8 Å². The van der Waals surface area contributed by atoms with Crippen LogP contribution in [0, 0.1) is 6.92 Å². The van der Waals surface area contributed by atoms with Crippen LogP contribution in [-0.4, -0.2) is 62.3 Å². The minimum Gasteiger partial charge on any atom is -0.368 e. The van der Waals surface area contributed by atoms with E-state index < -0.39 is 10.0 Å². The summed E-state index contributed by atoms with van der Waals surface area (Å²) in [5.41, 5.74) is 2.22. The summed E-state index contributed by atoms with van der Waals surface area (Å²) < 4.78 is 28.6. The molecule has 4 rings (SSSR count). The smallest absolute Gasteiger partial charge is 0.243 e. The van der Waals surface area contributed by atoms with E-state index in [4.69, 9.17) is 23.2 Å². The molecule has 2 aliphatic rings. The molecule has 0 atom stereocenters. The number of anilines is 1. The monoisotopic (exact) mass is 523 g/mol. The summed E-state index contributed by atoms with van der Waals surface area (Å²) in [6.45, 7) is 4.37. The molecule has 184 valence electrons. The number of sulfonamides is 1. The highest BCUT2D eigenvalue weighted by Gasteiger charge is 2.35. The fraction of sp³-hybridized carbons (Fsp3) is 0.480. The maximum atomic E-state index is 13.6. The van der Waals surface area contributed by atoms with Crippen LogP contribution in [0.3, 0.4) is 0 Å². The number of halogens is 2. The molecule has 1 heterocycles. The van der Waals surface area contributed by atoms with Crippen LogP contribution in [0.25, 0.3) is 0 Å². The molecule has 0 bridgehead atoms. The fourth-order valence-electron chi connectivity index (χ4n) is 4.87. The molecule has 2 aromatic carbocycles. The molecule has 9 heteroatoms. The Balaban J connectivity index is 1.48. The van der Waals surface area contributed by atoms with E-state index in [-0.39, 0.29) is 23.4 Å². The number of carbonyl (C=O) groups excluding carboxylic acids is 1. The number of nitrogens with zero attached hydrogens (tertiary/aromatic N) is 3. The van der Waals surface area contributed by atoms with Crippen LogP contribution in [0.1, 0.15) is 37.7 Å². The molecule has 2 aromatic rings. The molecule has 0 spiro atoms. The van der Waals surface area contributed by atoms with E-state index in [1.807, 2.05) is 25.1 Å². The summed E-state index contributed by atoms with van der Waals surface area (Å²) in [5, 5.41) is 1.17. The number of amides is 1. The van der Waals surface area contributed by atoms with Crippen molar-refractivity contribution >= 4 is 44.8 Å². The molecule has 2 fully saturated rings. The van der Waals surface area contributed by atoms with E-state index in [1.54, 1.807) is 17.0 Å². The van der Waals surface area contributed by atoms with E-state index in [1.165, 1.54) is 16.4 Å². The van der Waals surface area contributed by atoms with Gasteiger partial charge in [-0.25, -0.2) is 8.42 Å². The van der Waals surface area contributed by atoms with Gasteiger partial charge in [-0.2, -0.15) is 4.31 Å². The SMILES string of the molecule is Cc1ccc(Cl)cc1N1CCN(C(=O)CN(C2CCCCC2)S(=O)(=O)c2ccc(Cl)cc2)CC1. The summed E-state index contributed by atoms with van der Waals surface area (Å²) in [6, 6.07) is 11.9. The normalized spacial score (nSPS) is 17.9. The average Bonchev–Trinajstić information content (AvgIpc) is 2.84. The molecular weight excluding hydrogens is 493 g/mol. The first-order valence-corrected chi connectivity index (χ1v) is 14.0. The van der Waals surface area contributed by atoms with E-state index in [9.17, 15) is 13.2 Å². The zero-order valence-corrected chi connectivity index (χ0v) is 21.7. The highest BCUT2D eigenvalue weighted by atomic mass is 35.5. The van der Waals surface area contributed by atoms with Gasteiger partial charge in [0, 0.05) is 48.0 Å². The maximum absolute atomic E-state index is 13.6. The van der Waals surface area contributed by atoms with E-state index in [0.717, 1.165) is 43.4 Å². The number of hydrogen-bond donors (Lipinski definition) is 0. The summed E-state index contributed by atoms with van der Waals surface area (Å²) >= 11 is 12.2. The van der Waals surface area contributed by atoms with E-state index >= 15 is 0 Å². The Kier molecular flexibility index (Phi) is 8.08. The van der Waals surface area contributed by atoms with Gasteiger partial charge < -0.3 is 9.80 Å². The quantitative estimate of drug-likeness (QED) is 0.535. The van der Waals surface area contributed by atoms with Crippen molar-refractivity contribution in [2.75, 3.05) is 37.6 Å². The third-order valence-corrected chi connectivity index (χ3v) is 9.24. The number of rotatable bonds is 6. The van der Waals surface area contributed by atoms with E-state index in [0.29, 0.717) is 36.2 Å². The van der Waals surface area contributed by atoms with Crippen molar-refractivity contribution < 1.29 is 13.2 Å². The Morgan fingerprint density at radius 1 is 0.941 bits per heavy atom. The van der Waals surface area contributed by atoms with Gasteiger partial charge in [-0.05, 0) is 61.7 Å². The third-order valence-electron chi connectivity index (χ3n) is 6.84. The van der Waals surface area contributed by atoms with E-state index in [2.05, 4.69) is 4.90 Å². The van der Waals surface area contributed by atoms with Gasteiger partial charge in [-0.15, -0.1) is 0 Å². The highest BCUT2D eigenvalue weighted by molar-refractivity contribution is 7.89.